The minimum absolute atomic E-state index is 0.140. The molecule has 2 N–H and O–H groups in total. The molecule has 0 unspecified atom stereocenters. The number of carbonyl (C=O) groups excluding carboxylic acids is 1. The Morgan fingerprint density at radius 2 is 2.00 bits per heavy atom. The minimum atomic E-state index is -1.04. The number of allylic oxidation sites excluding steroid dienone is 1. The van der Waals surface area contributed by atoms with Gasteiger partial charge in [-0.1, -0.05) is 6.92 Å². The van der Waals surface area contributed by atoms with Crippen molar-refractivity contribution in [3.63, 3.8) is 0 Å². The quantitative estimate of drug-likeness (QED) is 0.534. The summed E-state index contributed by atoms with van der Waals surface area (Å²) in [7, 11) is 0. The highest BCUT2D eigenvalue weighted by molar-refractivity contribution is 6.27. The molecule has 0 saturated heterocycles. The molecule has 5 heteroatoms. The lowest BCUT2D eigenvalue weighted by atomic mass is 10.2. The first-order valence-electron chi connectivity index (χ1n) is 3.81. The average Bonchev–Trinajstić information content (AvgIpc) is 2.12. The van der Waals surface area contributed by atoms with Crippen molar-refractivity contribution in [2.24, 2.45) is 0 Å². The second-order valence-electron chi connectivity index (χ2n) is 2.44. The van der Waals surface area contributed by atoms with Gasteiger partial charge >= 0.3 is 5.97 Å². The SMILES string of the molecule is CC/C(NC(=O)CCl)=C(/C)C(=O)O. The first-order valence-corrected chi connectivity index (χ1v) is 4.35. The second kappa shape index (κ2) is 5.59. The van der Waals surface area contributed by atoms with Crippen molar-refractivity contribution in [1.82, 2.24) is 5.32 Å². The van der Waals surface area contributed by atoms with Gasteiger partial charge in [0.05, 0.1) is 5.57 Å². The van der Waals surface area contributed by atoms with Crippen molar-refractivity contribution in [3.8, 4) is 0 Å². The van der Waals surface area contributed by atoms with Crippen molar-refractivity contribution < 1.29 is 14.7 Å². The molecule has 0 heterocycles. The molecule has 0 saturated carbocycles. The Morgan fingerprint density at radius 1 is 1.46 bits per heavy atom. The Kier molecular flexibility index (Phi) is 5.14. The Balaban J connectivity index is 4.59. The molecule has 0 aromatic rings. The summed E-state index contributed by atoms with van der Waals surface area (Å²) in [6.45, 7) is 3.20. The molecule has 0 aromatic carbocycles. The van der Waals surface area contributed by atoms with Crippen LogP contribution in [0.15, 0.2) is 11.3 Å². The van der Waals surface area contributed by atoms with Gasteiger partial charge in [-0.15, -0.1) is 11.6 Å². The number of amides is 1. The van der Waals surface area contributed by atoms with Crippen LogP contribution in [0.3, 0.4) is 0 Å². The van der Waals surface area contributed by atoms with E-state index in [1.807, 2.05) is 0 Å². The fourth-order valence-electron chi connectivity index (χ4n) is 0.778. The number of hydrogen-bond donors (Lipinski definition) is 2. The number of carboxylic acids is 1. The van der Waals surface area contributed by atoms with Crippen LogP contribution in [0.1, 0.15) is 20.3 Å². The zero-order valence-corrected chi connectivity index (χ0v) is 8.31. The molecule has 0 rings (SSSR count). The van der Waals surface area contributed by atoms with Crippen molar-refractivity contribution in [3.05, 3.63) is 11.3 Å². The third-order valence-electron chi connectivity index (χ3n) is 1.54. The maximum absolute atomic E-state index is 10.8. The van der Waals surface area contributed by atoms with E-state index in [1.165, 1.54) is 6.92 Å². The molecule has 13 heavy (non-hydrogen) atoms. The summed E-state index contributed by atoms with van der Waals surface area (Å²) in [5.74, 6) is -1.60. The van der Waals surface area contributed by atoms with Gasteiger partial charge in [0, 0.05) is 5.70 Å². The lowest BCUT2D eigenvalue weighted by molar-refractivity contribution is -0.132. The van der Waals surface area contributed by atoms with Gasteiger partial charge in [-0.25, -0.2) is 4.79 Å². The van der Waals surface area contributed by atoms with Crippen LogP contribution >= 0.6 is 11.6 Å². The van der Waals surface area contributed by atoms with E-state index in [-0.39, 0.29) is 17.4 Å². The van der Waals surface area contributed by atoms with Crippen LogP contribution in [0.5, 0.6) is 0 Å². The summed E-state index contributed by atoms with van der Waals surface area (Å²) in [5.41, 5.74) is 0.541. The number of rotatable bonds is 4. The van der Waals surface area contributed by atoms with E-state index in [1.54, 1.807) is 6.92 Å². The summed E-state index contributed by atoms with van der Waals surface area (Å²) < 4.78 is 0. The van der Waals surface area contributed by atoms with Gasteiger partial charge in [0.15, 0.2) is 0 Å². The molecule has 4 nitrogen and oxygen atoms in total. The smallest absolute Gasteiger partial charge is 0.333 e. The van der Waals surface area contributed by atoms with Crippen LogP contribution in [0.25, 0.3) is 0 Å². The topological polar surface area (TPSA) is 66.4 Å². The highest BCUT2D eigenvalue weighted by atomic mass is 35.5. The van der Waals surface area contributed by atoms with E-state index in [2.05, 4.69) is 5.32 Å². The molecule has 0 radical (unpaired) electrons. The van der Waals surface area contributed by atoms with Crippen LogP contribution in [0, 0.1) is 0 Å². The first-order chi connectivity index (χ1) is 6.02. The summed E-state index contributed by atoms with van der Waals surface area (Å²) in [5, 5.41) is 11.1. The van der Waals surface area contributed by atoms with Gasteiger partial charge in [0.1, 0.15) is 5.88 Å². The highest BCUT2D eigenvalue weighted by Crippen LogP contribution is 2.05. The Morgan fingerprint density at radius 3 is 2.31 bits per heavy atom. The molecule has 0 aromatic heterocycles. The van der Waals surface area contributed by atoms with Crippen LogP contribution in [-0.4, -0.2) is 22.9 Å². The van der Waals surface area contributed by atoms with Crippen molar-refractivity contribution >= 4 is 23.5 Å². The lowest BCUT2D eigenvalue weighted by Crippen LogP contribution is -2.25. The highest BCUT2D eigenvalue weighted by Gasteiger charge is 2.09. The molecule has 0 fully saturated rings. The number of alkyl halides is 1. The Hall–Kier alpha value is -1.03. The molecule has 0 atom stereocenters. The number of aliphatic carboxylic acids is 1. The largest absolute Gasteiger partial charge is 0.478 e. The predicted octanol–water partition coefficient (Wildman–Crippen LogP) is 1.11. The standard InChI is InChI=1S/C8H12ClNO3/c1-3-6(5(2)8(12)13)10-7(11)4-9/h3-4H2,1-2H3,(H,10,11)(H,12,13)/b6-5+. The van der Waals surface area contributed by atoms with Gasteiger partial charge < -0.3 is 10.4 Å². The molecular formula is C8H12ClNO3. The van der Waals surface area contributed by atoms with E-state index < -0.39 is 5.97 Å². The molecule has 0 spiro atoms. The Bertz CT molecular complexity index is 248. The number of halogens is 1. The molecule has 0 aliphatic rings. The summed E-state index contributed by atoms with van der Waals surface area (Å²) >= 11 is 5.26. The zero-order chi connectivity index (χ0) is 10.4. The fourth-order valence-corrected chi connectivity index (χ4v) is 0.845. The lowest BCUT2D eigenvalue weighted by Gasteiger charge is -2.07. The fraction of sp³-hybridized carbons (Fsp3) is 0.500. The van der Waals surface area contributed by atoms with E-state index in [9.17, 15) is 9.59 Å². The van der Waals surface area contributed by atoms with E-state index in [0.29, 0.717) is 12.1 Å². The monoisotopic (exact) mass is 205 g/mol. The molecule has 1 amide bonds. The van der Waals surface area contributed by atoms with Crippen LogP contribution in [-0.2, 0) is 9.59 Å². The average molecular weight is 206 g/mol. The minimum Gasteiger partial charge on any atom is -0.478 e. The Labute approximate surface area is 81.6 Å². The summed E-state index contributed by atoms with van der Waals surface area (Å²) in [6, 6.07) is 0. The van der Waals surface area contributed by atoms with Crippen LogP contribution in [0.2, 0.25) is 0 Å². The van der Waals surface area contributed by atoms with E-state index in [0.717, 1.165) is 0 Å². The van der Waals surface area contributed by atoms with Gasteiger partial charge in [-0.05, 0) is 13.3 Å². The van der Waals surface area contributed by atoms with Crippen LogP contribution in [0.4, 0.5) is 0 Å². The number of carbonyl (C=O) groups is 2. The van der Waals surface area contributed by atoms with Gasteiger partial charge in [-0.3, -0.25) is 4.79 Å². The van der Waals surface area contributed by atoms with E-state index >= 15 is 0 Å². The maximum Gasteiger partial charge on any atom is 0.333 e. The van der Waals surface area contributed by atoms with Crippen molar-refractivity contribution in [2.45, 2.75) is 20.3 Å². The number of hydrogen-bond acceptors (Lipinski definition) is 2. The molecule has 0 aliphatic heterocycles. The second-order valence-corrected chi connectivity index (χ2v) is 2.71. The zero-order valence-electron chi connectivity index (χ0n) is 7.56. The van der Waals surface area contributed by atoms with Crippen molar-refractivity contribution in [1.29, 1.82) is 0 Å². The summed E-state index contributed by atoms with van der Waals surface area (Å²) in [6.07, 6.45) is 0.459. The van der Waals surface area contributed by atoms with Crippen molar-refractivity contribution in [2.75, 3.05) is 5.88 Å². The summed E-state index contributed by atoms with van der Waals surface area (Å²) in [4.78, 5) is 21.4. The van der Waals surface area contributed by atoms with E-state index in [4.69, 9.17) is 16.7 Å². The van der Waals surface area contributed by atoms with Crippen LogP contribution < -0.4 is 5.32 Å². The molecular weight excluding hydrogens is 194 g/mol. The predicted molar refractivity (Wildman–Crippen MR) is 49.5 cm³/mol. The molecule has 74 valence electrons. The third kappa shape index (κ3) is 3.94. The first kappa shape index (κ1) is 12.0. The van der Waals surface area contributed by atoms with Gasteiger partial charge in [0.25, 0.3) is 0 Å². The number of nitrogens with one attached hydrogen (secondary N) is 1. The number of carboxylic acid groups (broad SMARTS) is 1. The normalized spacial score (nSPS) is 11.9. The maximum atomic E-state index is 10.8. The van der Waals surface area contributed by atoms with Gasteiger partial charge in [0.2, 0.25) is 5.91 Å². The van der Waals surface area contributed by atoms with Gasteiger partial charge in [-0.2, -0.15) is 0 Å². The molecule has 0 aliphatic carbocycles. The third-order valence-corrected chi connectivity index (χ3v) is 1.78. The molecule has 0 bridgehead atoms.